The molecule has 0 N–H and O–H groups in total. The highest BCUT2D eigenvalue weighted by Gasteiger charge is 2.31. The predicted octanol–water partition coefficient (Wildman–Crippen LogP) is 2.26. The Morgan fingerprint density at radius 3 is 3.05 bits per heavy atom. The Bertz CT molecular complexity index is 951. The van der Waals surface area contributed by atoms with E-state index in [-0.39, 0.29) is 0 Å². The Hall–Kier alpha value is -2.27. The van der Waals surface area contributed by atoms with Crippen LogP contribution < -0.4 is 4.40 Å². The zero-order valence-corrected chi connectivity index (χ0v) is 10.8. The van der Waals surface area contributed by atoms with Crippen molar-refractivity contribution in [1.82, 2.24) is 14.5 Å². The molecule has 0 unspecified atom stereocenters. The lowest BCUT2D eigenvalue weighted by Crippen LogP contribution is -2.16. The molecule has 0 atom stereocenters. The van der Waals surface area contributed by atoms with Gasteiger partial charge < -0.3 is 0 Å². The average Bonchev–Trinajstić information content (AvgIpc) is 3.07. The molecule has 4 aromatic rings. The number of pyridine rings is 2. The molecule has 0 saturated carbocycles. The minimum atomic E-state index is 0.856. The molecule has 1 aliphatic heterocycles. The normalized spacial score (nSPS) is 13.1. The SMILES string of the molecule is c1cnc2c(c1)-c1c[n+]3c4cccnc4sc3n1C2. The first-order chi connectivity index (χ1) is 9.42. The first-order valence-electron chi connectivity index (χ1n) is 6.14. The summed E-state index contributed by atoms with van der Waals surface area (Å²) in [6.45, 7) is 0.856. The van der Waals surface area contributed by atoms with E-state index in [1.165, 1.54) is 21.7 Å². The van der Waals surface area contributed by atoms with E-state index in [4.69, 9.17) is 0 Å². The summed E-state index contributed by atoms with van der Waals surface area (Å²) in [5.41, 5.74) is 4.83. The molecule has 5 heteroatoms. The summed E-state index contributed by atoms with van der Waals surface area (Å²) in [6, 6.07) is 8.25. The maximum Gasteiger partial charge on any atom is 0.349 e. The van der Waals surface area contributed by atoms with Crippen molar-refractivity contribution in [2.75, 3.05) is 0 Å². The van der Waals surface area contributed by atoms with Gasteiger partial charge in [0.05, 0.1) is 11.3 Å². The second-order valence-electron chi connectivity index (χ2n) is 4.68. The van der Waals surface area contributed by atoms with E-state index in [0.29, 0.717) is 0 Å². The van der Waals surface area contributed by atoms with Gasteiger partial charge in [0.2, 0.25) is 0 Å². The monoisotopic (exact) mass is 265 g/mol. The Labute approximate surface area is 112 Å². The van der Waals surface area contributed by atoms with Crippen LogP contribution in [0.1, 0.15) is 5.69 Å². The molecule has 0 aromatic carbocycles. The van der Waals surface area contributed by atoms with Gasteiger partial charge in [0.25, 0.3) is 0 Å². The van der Waals surface area contributed by atoms with E-state index in [1.54, 1.807) is 11.3 Å². The van der Waals surface area contributed by atoms with Crippen LogP contribution in [0.2, 0.25) is 0 Å². The minimum absolute atomic E-state index is 0.856. The maximum absolute atomic E-state index is 4.47. The van der Waals surface area contributed by atoms with Crippen molar-refractivity contribution in [2.45, 2.75) is 6.54 Å². The lowest BCUT2D eigenvalue weighted by atomic mass is 10.2. The fourth-order valence-electron chi connectivity index (χ4n) is 2.80. The third kappa shape index (κ3) is 1.11. The Kier molecular flexibility index (Phi) is 1.62. The standard InChI is InChI=1S/C14H9N4S/c1-3-9-10(15-5-1)7-17-12(9)8-18-11-4-2-6-16-13(11)19-14(17)18/h1-6,8H,7H2/q+1. The molecule has 5 rings (SSSR count). The number of nitrogens with zero attached hydrogens (tertiary/aromatic N) is 4. The van der Waals surface area contributed by atoms with Gasteiger partial charge in [0.15, 0.2) is 16.0 Å². The van der Waals surface area contributed by atoms with Crippen molar-refractivity contribution in [1.29, 1.82) is 0 Å². The summed E-state index contributed by atoms with van der Waals surface area (Å²) < 4.78 is 4.56. The summed E-state index contributed by atoms with van der Waals surface area (Å²) in [6.07, 6.45) is 5.91. The highest BCUT2D eigenvalue weighted by Crippen LogP contribution is 2.33. The highest BCUT2D eigenvalue weighted by atomic mass is 32.1. The van der Waals surface area contributed by atoms with E-state index in [1.807, 2.05) is 24.5 Å². The van der Waals surface area contributed by atoms with Crippen molar-refractivity contribution in [2.24, 2.45) is 0 Å². The molecule has 4 nitrogen and oxygen atoms in total. The number of rotatable bonds is 0. The van der Waals surface area contributed by atoms with E-state index < -0.39 is 0 Å². The van der Waals surface area contributed by atoms with Gasteiger partial charge in [-0.1, -0.05) is 0 Å². The molecule has 0 spiro atoms. The fourth-order valence-corrected chi connectivity index (χ4v) is 3.88. The smallest absolute Gasteiger partial charge is 0.256 e. The van der Waals surface area contributed by atoms with Gasteiger partial charge >= 0.3 is 4.96 Å². The van der Waals surface area contributed by atoms with Gasteiger partial charge in [-0.25, -0.2) is 9.55 Å². The summed E-state index contributed by atoms with van der Waals surface area (Å²) >= 11 is 1.73. The van der Waals surface area contributed by atoms with Gasteiger partial charge in [0.1, 0.15) is 12.7 Å². The third-order valence-electron chi connectivity index (χ3n) is 3.65. The number of hydrogen-bond donors (Lipinski definition) is 0. The van der Waals surface area contributed by atoms with Crippen LogP contribution in [0, 0.1) is 0 Å². The van der Waals surface area contributed by atoms with Crippen LogP contribution in [-0.2, 0) is 6.54 Å². The van der Waals surface area contributed by atoms with Crippen molar-refractivity contribution >= 4 is 26.6 Å². The van der Waals surface area contributed by atoms with E-state index in [0.717, 1.165) is 17.1 Å². The Morgan fingerprint density at radius 1 is 1.16 bits per heavy atom. The molecular formula is C14H9N4S+. The molecule has 0 bridgehead atoms. The summed E-state index contributed by atoms with van der Waals surface area (Å²) in [4.78, 5) is 11.2. The van der Waals surface area contributed by atoms with Crippen LogP contribution in [0.4, 0.5) is 0 Å². The second kappa shape index (κ2) is 3.19. The highest BCUT2D eigenvalue weighted by molar-refractivity contribution is 7.22. The van der Waals surface area contributed by atoms with Gasteiger partial charge in [0, 0.05) is 12.4 Å². The number of thiazole rings is 1. The lowest BCUT2D eigenvalue weighted by Gasteiger charge is -1.91. The quantitative estimate of drug-likeness (QED) is 0.403. The minimum Gasteiger partial charge on any atom is -0.256 e. The molecule has 4 aromatic heterocycles. The van der Waals surface area contributed by atoms with Crippen LogP contribution in [0.25, 0.3) is 26.6 Å². The van der Waals surface area contributed by atoms with Crippen LogP contribution in [0.3, 0.4) is 0 Å². The summed E-state index contributed by atoms with van der Waals surface area (Å²) in [7, 11) is 0. The zero-order chi connectivity index (χ0) is 12.4. The summed E-state index contributed by atoms with van der Waals surface area (Å²) in [5, 5.41) is 0. The number of fused-ring (bicyclic) bond motifs is 7. The molecule has 0 saturated heterocycles. The molecule has 0 radical (unpaired) electrons. The molecule has 19 heavy (non-hydrogen) atoms. The average molecular weight is 265 g/mol. The van der Waals surface area contributed by atoms with Crippen LogP contribution >= 0.6 is 11.3 Å². The van der Waals surface area contributed by atoms with Crippen molar-refractivity contribution in [3.05, 3.63) is 48.5 Å². The van der Waals surface area contributed by atoms with Crippen molar-refractivity contribution in [3.8, 4) is 11.3 Å². The molecule has 0 aliphatic carbocycles. The largest absolute Gasteiger partial charge is 0.349 e. The molecular weight excluding hydrogens is 256 g/mol. The van der Waals surface area contributed by atoms with Crippen LogP contribution in [0.5, 0.6) is 0 Å². The zero-order valence-electron chi connectivity index (χ0n) is 9.95. The Balaban J connectivity index is 1.93. The third-order valence-corrected chi connectivity index (χ3v) is 4.76. The molecule has 0 fully saturated rings. The maximum atomic E-state index is 4.47. The molecule has 0 amide bonds. The lowest BCUT2D eigenvalue weighted by molar-refractivity contribution is -0.476. The van der Waals surface area contributed by atoms with Crippen molar-refractivity contribution in [3.63, 3.8) is 0 Å². The molecule has 1 aliphatic rings. The van der Waals surface area contributed by atoms with E-state index in [9.17, 15) is 0 Å². The number of imidazole rings is 1. The van der Waals surface area contributed by atoms with Gasteiger partial charge in [-0.15, -0.1) is 0 Å². The number of hydrogen-bond acceptors (Lipinski definition) is 3. The fraction of sp³-hybridized carbons (Fsp3) is 0.0714. The topological polar surface area (TPSA) is 34.8 Å². The molecule has 90 valence electrons. The summed E-state index contributed by atoms with van der Waals surface area (Å²) in [5.74, 6) is 0. The second-order valence-corrected chi connectivity index (χ2v) is 5.64. The van der Waals surface area contributed by atoms with Crippen LogP contribution in [-0.4, -0.2) is 14.5 Å². The first-order valence-corrected chi connectivity index (χ1v) is 6.96. The van der Waals surface area contributed by atoms with Crippen molar-refractivity contribution < 1.29 is 4.40 Å². The first kappa shape index (κ1) is 9.63. The Morgan fingerprint density at radius 2 is 2.05 bits per heavy atom. The van der Waals surface area contributed by atoms with Gasteiger partial charge in [-0.2, -0.15) is 4.40 Å². The van der Waals surface area contributed by atoms with Gasteiger partial charge in [-0.3, -0.25) is 4.98 Å². The van der Waals surface area contributed by atoms with E-state index in [2.05, 4.69) is 37.3 Å². The number of aromatic nitrogens is 4. The predicted molar refractivity (Wildman–Crippen MR) is 73.1 cm³/mol. The van der Waals surface area contributed by atoms with Crippen LogP contribution in [0.15, 0.2) is 42.9 Å². The van der Waals surface area contributed by atoms with Gasteiger partial charge in [-0.05, 0) is 35.6 Å². The molecule has 5 heterocycles. The van der Waals surface area contributed by atoms with E-state index >= 15 is 0 Å².